The largest absolute Gasteiger partial charge is 0.455 e. The molecule has 0 unspecified atom stereocenters. The van der Waals surface area contributed by atoms with E-state index in [9.17, 15) is 19.2 Å². The number of hydrazine groups is 1. The SMILES string of the molecule is C[C@]1(CCc2ccccc2)NC(=O)N(NC(=O)COC(=O)C2CC2)C1=O. The summed E-state index contributed by atoms with van der Waals surface area (Å²) >= 11 is 0. The molecule has 0 spiro atoms. The molecule has 1 aromatic rings. The third-order valence-corrected chi connectivity index (χ3v) is 4.51. The second-order valence-corrected chi connectivity index (χ2v) is 6.81. The number of rotatable bonds is 7. The second kappa shape index (κ2) is 7.15. The Morgan fingerprint density at radius 1 is 1.27 bits per heavy atom. The molecular formula is C18H21N3O5. The molecule has 2 fully saturated rings. The van der Waals surface area contributed by atoms with Gasteiger partial charge in [-0.15, -0.1) is 0 Å². The summed E-state index contributed by atoms with van der Waals surface area (Å²) in [5, 5.41) is 3.26. The molecule has 1 heterocycles. The fourth-order valence-corrected chi connectivity index (χ4v) is 2.72. The Bertz CT molecular complexity index is 732. The van der Waals surface area contributed by atoms with Crippen molar-refractivity contribution in [2.75, 3.05) is 6.61 Å². The van der Waals surface area contributed by atoms with Gasteiger partial charge in [0.15, 0.2) is 6.61 Å². The van der Waals surface area contributed by atoms with Crippen molar-refractivity contribution >= 4 is 23.8 Å². The van der Waals surface area contributed by atoms with Gasteiger partial charge >= 0.3 is 12.0 Å². The molecular weight excluding hydrogens is 338 g/mol. The van der Waals surface area contributed by atoms with Gasteiger partial charge in [-0.25, -0.2) is 4.79 Å². The molecule has 2 N–H and O–H groups in total. The van der Waals surface area contributed by atoms with E-state index < -0.39 is 36.0 Å². The number of amides is 4. The monoisotopic (exact) mass is 359 g/mol. The molecule has 0 aromatic heterocycles. The molecule has 3 rings (SSSR count). The molecule has 0 bridgehead atoms. The Morgan fingerprint density at radius 3 is 2.62 bits per heavy atom. The normalized spacial score (nSPS) is 22.1. The van der Waals surface area contributed by atoms with E-state index in [1.54, 1.807) is 6.92 Å². The van der Waals surface area contributed by atoms with Crippen LogP contribution in [0.15, 0.2) is 30.3 Å². The van der Waals surface area contributed by atoms with Crippen molar-refractivity contribution in [3.05, 3.63) is 35.9 Å². The molecule has 1 saturated heterocycles. The lowest BCUT2D eigenvalue weighted by Gasteiger charge is -2.21. The van der Waals surface area contributed by atoms with Crippen LogP contribution < -0.4 is 10.7 Å². The maximum atomic E-state index is 12.6. The number of nitrogens with zero attached hydrogens (tertiary/aromatic N) is 1. The molecule has 4 amide bonds. The minimum atomic E-state index is -1.11. The van der Waals surface area contributed by atoms with E-state index in [0.29, 0.717) is 17.9 Å². The minimum Gasteiger partial charge on any atom is -0.455 e. The number of ether oxygens (including phenoxy) is 1. The van der Waals surface area contributed by atoms with Gasteiger partial charge in [0.05, 0.1) is 5.92 Å². The number of imide groups is 1. The molecule has 8 heteroatoms. The van der Waals surface area contributed by atoms with Gasteiger partial charge in [-0.1, -0.05) is 30.3 Å². The first-order valence-electron chi connectivity index (χ1n) is 8.56. The van der Waals surface area contributed by atoms with Crippen LogP contribution in [0, 0.1) is 5.92 Å². The van der Waals surface area contributed by atoms with Crippen molar-refractivity contribution in [1.29, 1.82) is 0 Å². The van der Waals surface area contributed by atoms with Gasteiger partial charge in [0, 0.05) is 0 Å². The predicted octanol–water partition coefficient (Wildman–Crippen LogP) is 0.914. The second-order valence-electron chi connectivity index (χ2n) is 6.81. The average molecular weight is 359 g/mol. The highest BCUT2D eigenvalue weighted by molar-refractivity contribution is 6.07. The summed E-state index contributed by atoms with van der Waals surface area (Å²) in [6.45, 7) is 1.10. The number of carbonyl (C=O) groups is 4. The van der Waals surface area contributed by atoms with Gasteiger partial charge in [0.25, 0.3) is 11.8 Å². The smallest absolute Gasteiger partial charge is 0.344 e. The summed E-state index contributed by atoms with van der Waals surface area (Å²) in [5.41, 5.74) is 2.14. The maximum absolute atomic E-state index is 12.6. The van der Waals surface area contributed by atoms with Crippen molar-refractivity contribution in [1.82, 2.24) is 15.8 Å². The van der Waals surface area contributed by atoms with E-state index >= 15 is 0 Å². The molecule has 1 aliphatic carbocycles. The van der Waals surface area contributed by atoms with Crippen molar-refractivity contribution in [3.63, 3.8) is 0 Å². The lowest BCUT2D eigenvalue weighted by atomic mass is 9.93. The van der Waals surface area contributed by atoms with E-state index in [1.807, 2.05) is 30.3 Å². The van der Waals surface area contributed by atoms with E-state index in [1.165, 1.54) is 0 Å². The van der Waals surface area contributed by atoms with E-state index in [0.717, 1.165) is 18.4 Å². The van der Waals surface area contributed by atoms with Crippen LogP contribution in [0.1, 0.15) is 31.7 Å². The van der Waals surface area contributed by atoms with E-state index in [4.69, 9.17) is 4.74 Å². The summed E-state index contributed by atoms with van der Waals surface area (Å²) in [6.07, 6.45) is 2.54. The number of carbonyl (C=O) groups excluding carboxylic acids is 4. The topological polar surface area (TPSA) is 105 Å². The molecule has 1 saturated carbocycles. The molecule has 1 aromatic carbocycles. The Kier molecular flexibility index (Phi) is 4.92. The quantitative estimate of drug-likeness (QED) is 0.556. The summed E-state index contributed by atoms with van der Waals surface area (Å²) in [5.74, 6) is -1.82. The zero-order valence-corrected chi connectivity index (χ0v) is 14.5. The van der Waals surface area contributed by atoms with Crippen molar-refractivity contribution < 1.29 is 23.9 Å². The zero-order chi connectivity index (χ0) is 18.7. The Hall–Kier alpha value is -2.90. The minimum absolute atomic E-state index is 0.124. The van der Waals surface area contributed by atoms with Crippen LogP contribution in [0.5, 0.6) is 0 Å². The Labute approximate surface area is 150 Å². The fourth-order valence-electron chi connectivity index (χ4n) is 2.72. The van der Waals surface area contributed by atoms with Gasteiger partial charge in [0.1, 0.15) is 5.54 Å². The number of urea groups is 1. The summed E-state index contributed by atoms with van der Waals surface area (Å²) < 4.78 is 4.85. The molecule has 1 atom stereocenters. The van der Waals surface area contributed by atoms with Gasteiger partial charge in [-0.2, -0.15) is 5.01 Å². The molecule has 1 aliphatic heterocycles. The number of benzene rings is 1. The third-order valence-electron chi connectivity index (χ3n) is 4.51. The van der Waals surface area contributed by atoms with E-state index in [-0.39, 0.29) is 5.92 Å². The number of aryl methyl sites for hydroxylation is 1. The first kappa shape index (κ1) is 17.9. The summed E-state index contributed by atoms with van der Waals surface area (Å²) in [4.78, 5) is 47.9. The zero-order valence-electron chi connectivity index (χ0n) is 14.5. The lowest BCUT2D eigenvalue weighted by molar-refractivity contribution is -0.151. The maximum Gasteiger partial charge on any atom is 0.344 e. The van der Waals surface area contributed by atoms with Crippen LogP contribution in [-0.4, -0.2) is 41.0 Å². The Balaban J connectivity index is 1.53. The predicted molar refractivity (Wildman–Crippen MR) is 90.4 cm³/mol. The first-order chi connectivity index (χ1) is 12.4. The van der Waals surface area contributed by atoms with Crippen LogP contribution >= 0.6 is 0 Å². The average Bonchev–Trinajstić information content (AvgIpc) is 3.45. The molecule has 26 heavy (non-hydrogen) atoms. The van der Waals surface area contributed by atoms with Crippen LogP contribution in [-0.2, 0) is 25.5 Å². The van der Waals surface area contributed by atoms with Gasteiger partial charge in [-0.05, 0) is 38.2 Å². The van der Waals surface area contributed by atoms with E-state index in [2.05, 4.69) is 10.7 Å². The van der Waals surface area contributed by atoms with Crippen LogP contribution in [0.3, 0.4) is 0 Å². The summed E-state index contributed by atoms with van der Waals surface area (Å²) in [7, 11) is 0. The number of esters is 1. The standard InChI is InChI=1S/C18H21N3O5/c1-18(10-9-12-5-3-2-4-6-12)16(24)21(17(25)19-18)20-14(22)11-26-15(23)13-7-8-13/h2-6,13H,7-11H2,1H3,(H,19,25)(H,20,22)/t18-/m1/s1. The van der Waals surface area contributed by atoms with Gasteiger partial charge < -0.3 is 10.1 Å². The number of nitrogens with one attached hydrogen (secondary N) is 2. The third kappa shape index (κ3) is 4.01. The van der Waals surface area contributed by atoms with Crippen LogP contribution in [0.2, 0.25) is 0 Å². The highest BCUT2D eigenvalue weighted by Crippen LogP contribution is 2.30. The fraction of sp³-hybridized carbons (Fsp3) is 0.444. The molecule has 138 valence electrons. The van der Waals surface area contributed by atoms with Crippen molar-refractivity contribution in [2.24, 2.45) is 5.92 Å². The van der Waals surface area contributed by atoms with Gasteiger partial charge in [-0.3, -0.25) is 19.8 Å². The number of hydrogen-bond donors (Lipinski definition) is 2. The molecule has 0 radical (unpaired) electrons. The highest BCUT2D eigenvalue weighted by atomic mass is 16.5. The highest BCUT2D eigenvalue weighted by Gasteiger charge is 2.48. The van der Waals surface area contributed by atoms with Crippen LogP contribution in [0.25, 0.3) is 0 Å². The number of hydrogen-bond acceptors (Lipinski definition) is 5. The molecule has 2 aliphatic rings. The van der Waals surface area contributed by atoms with Gasteiger partial charge in [0.2, 0.25) is 0 Å². The Morgan fingerprint density at radius 2 is 1.96 bits per heavy atom. The van der Waals surface area contributed by atoms with Crippen molar-refractivity contribution in [3.8, 4) is 0 Å². The van der Waals surface area contributed by atoms with Crippen molar-refractivity contribution in [2.45, 2.75) is 38.1 Å². The van der Waals surface area contributed by atoms with Crippen LogP contribution in [0.4, 0.5) is 4.79 Å². The summed E-state index contributed by atoms with van der Waals surface area (Å²) in [6, 6.07) is 8.90. The molecule has 8 nitrogen and oxygen atoms in total. The first-order valence-corrected chi connectivity index (χ1v) is 8.56. The lowest BCUT2D eigenvalue weighted by Crippen LogP contribution is -2.50.